The fourth-order valence-corrected chi connectivity index (χ4v) is 0.467. The minimum atomic E-state index is 0.314. The molecule has 0 aromatic rings. The summed E-state index contributed by atoms with van der Waals surface area (Å²) in [6, 6.07) is 0. The van der Waals surface area contributed by atoms with Gasteiger partial charge in [-0.2, -0.15) is 0 Å². The van der Waals surface area contributed by atoms with Crippen molar-refractivity contribution in [2.45, 2.75) is 34.1 Å². The van der Waals surface area contributed by atoms with Gasteiger partial charge in [-0.05, 0) is 11.3 Å². The lowest BCUT2D eigenvalue weighted by molar-refractivity contribution is 0.258. The minimum absolute atomic E-state index is 0.314. The largest absolute Gasteiger partial charge is 0.120 e. The van der Waals surface area contributed by atoms with Crippen LogP contribution in [0.5, 0.6) is 0 Å². The number of hydrogen-bond donors (Lipinski definition) is 0. The van der Waals surface area contributed by atoms with Crippen molar-refractivity contribution in [1.29, 1.82) is 0 Å². The Balaban J connectivity index is 3.89. The van der Waals surface area contributed by atoms with Crippen LogP contribution in [0.3, 0.4) is 0 Å². The van der Waals surface area contributed by atoms with Crippen LogP contribution in [0.1, 0.15) is 34.1 Å². The smallest absolute Gasteiger partial charge is 0.0140 e. The van der Waals surface area contributed by atoms with E-state index >= 15 is 0 Å². The molecule has 0 rings (SSSR count). The molecule has 0 N–H and O–H groups in total. The summed E-state index contributed by atoms with van der Waals surface area (Å²) in [5.41, 5.74) is 0.314. The Morgan fingerprint density at radius 3 is 2.00 bits per heavy atom. The molecule has 0 saturated carbocycles. The molecule has 0 aliphatic heterocycles. The molecule has 0 radical (unpaired) electrons. The Labute approximate surface area is 58.7 Å². The maximum absolute atomic E-state index is 5.20. The Kier molecular flexibility index (Phi) is 2.77. The molecule has 0 unspecified atom stereocenters. The van der Waals surface area contributed by atoms with Crippen LogP contribution < -0.4 is 0 Å². The van der Waals surface area contributed by atoms with E-state index in [2.05, 4.69) is 33.6 Å². The Bertz CT molecular complexity index is 112. The standard InChI is InChI=1S/C9H16/c1-6-7-9(4,5)8(2)3/h1,8H,7H2,2-5H3. The molecule has 0 heteroatoms. The zero-order valence-electron chi connectivity index (χ0n) is 6.86. The molecule has 9 heavy (non-hydrogen) atoms. The van der Waals surface area contributed by atoms with Crippen molar-refractivity contribution in [2.24, 2.45) is 11.3 Å². The van der Waals surface area contributed by atoms with Crippen molar-refractivity contribution in [1.82, 2.24) is 0 Å². The molecule has 0 amide bonds. The quantitative estimate of drug-likeness (QED) is 0.496. The lowest BCUT2D eigenvalue weighted by Crippen LogP contribution is -2.17. The maximum Gasteiger partial charge on any atom is 0.0140 e. The van der Waals surface area contributed by atoms with Gasteiger partial charge >= 0.3 is 0 Å². The highest BCUT2D eigenvalue weighted by Crippen LogP contribution is 2.28. The van der Waals surface area contributed by atoms with Crippen LogP contribution in [0.2, 0.25) is 0 Å². The molecular weight excluding hydrogens is 108 g/mol. The van der Waals surface area contributed by atoms with E-state index < -0.39 is 0 Å². The molecule has 0 aromatic carbocycles. The molecule has 0 heterocycles. The third-order valence-corrected chi connectivity index (χ3v) is 2.12. The van der Waals surface area contributed by atoms with Gasteiger partial charge in [0.1, 0.15) is 0 Å². The molecule has 0 aliphatic carbocycles. The summed E-state index contributed by atoms with van der Waals surface area (Å²) in [7, 11) is 0. The van der Waals surface area contributed by atoms with Crippen molar-refractivity contribution in [2.75, 3.05) is 0 Å². The van der Waals surface area contributed by atoms with Crippen LogP contribution >= 0.6 is 0 Å². The summed E-state index contributed by atoms with van der Waals surface area (Å²) in [6.45, 7) is 8.82. The summed E-state index contributed by atoms with van der Waals surface area (Å²) in [5.74, 6) is 3.36. The van der Waals surface area contributed by atoms with Gasteiger partial charge in [-0.3, -0.25) is 0 Å². The van der Waals surface area contributed by atoms with Gasteiger partial charge in [-0.25, -0.2) is 0 Å². The van der Waals surface area contributed by atoms with Gasteiger partial charge in [-0.1, -0.05) is 27.7 Å². The van der Waals surface area contributed by atoms with Crippen LogP contribution in [0, 0.1) is 23.7 Å². The fraction of sp³-hybridized carbons (Fsp3) is 0.778. The molecule has 52 valence electrons. The highest BCUT2D eigenvalue weighted by molar-refractivity contribution is 4.91. The Morgan fingerprint density at radius 1 is 1.44 bits per heavy atom. The fourth-order valence-electron chi connectivity index (χ4n) is 0.467. The minimum Gasteiger partial charge on any atom is -0.120 e. The Morgan fingerprint density at radius 2 is 1.89 bits per heavy atom. The summed E-state index contributed by atoms with van der Waals surface area (Å²) in [4.78, 5) is 0. The van der Waals surface area contributed by atoms with Crippen LogP contribution in [0.4, 0.5) is 0 Å². The molecule has 0 aliphatic rings. The summed E-state index contributed by atoms with van der Waals surface area (Å²) in [5, 5.41) is 0. The number of terminal acetylenes is 1. The third-order valence-electron chi connectivity index (χ3n) is 2.12. The van der Waals surface area contributed by atoms with Gasteiger partial charge in [0.15, 0.2) is 0 Å². The molecule has 0 bridgehead atoms. The van der Waals surface area contributed by atoms with Crippen molar-refractivity contribution in [3.05, 3.63) is 0 Å². The second-order valence-electron chi connectivity index (χ2n) is 3.52. The Hall–Kier alpha value is -0.440. The van der Waals surface area contributed by atoms with E-state index in [1.165, 1.54) is 0 Å². The summed E-state index contributed by atoms with van der Waals surface area (Å²) in [6.07, 6.45) is 6.08. The van der Waals surface area contributed by atoms with Gasteiger partial charge in [0.25, 0.3) is 0 Å². The molecule has 0 nitrogen and oxygen atoms in total. The van der Waals surface area contributed by atoms with E-state index in [0.29, 0.717) is 11.3 Å². The zero-order chi connectivity index (χ0) is 7.49. The average molecular weight is 124 g/mol. The number of rotatable bonds is 2. The number of hydrogen-bond acceptors (Lipinski definition) is 0. The molecule has 0 aromatic heterocycles. The summed E-state index contributed by atoms with van der Waals surface area (Å²) >= 11 is 0. The molecular formula is C9H16. The van der Waals surface area contributed by atoms with Gasteiger partial charge in [0, 0.05) is 6.42 Å². The van der Waals surface area contributed by atoms with E-state index in [0.717, 1.165) is 6.42 Å². The second-order valence-corrected chi connectivity index (χ2v) is 3.52. The average Bonchev–Trinajstić information content (AvgIpc) is 1.65. The first-order valence-electron chi connectivity index (χ1n) is 3.44. The topological polar surface area (TPSA) is 0 Å². The van der Waals surface area contributed by atoms with E-state index in [4.69, 9.17) is 6.42 Å². The van der Waals surface area contributed by atoms with Crippen molar-refractivity contribution in [3.63, 3.8) is 0 Å². The highest BCUT2D eigenvalue weighted by Gasteiger charge is 2.20. The summed E-state index contributed by atoms with van der Waals surface area (Å²) < 4.78 is 0. The van der Waals surface area contributed by atoms with Gasteiger partial charge in [0.2, 0.25) is 0 Å². The first-order chi connectivity index (χ1) is 4.00. The first kappa shape index (κ1) is 8.56. The van der Waals surface area contributed by atoms with Crippen LogP contribution in [-0.4, -0.2) is 0 Å². The molecule has 0 spiro atoms. The van der Waals surface area contributed by atoms with Gasteiger partial charge < -0.3 is 0 Å². The van der Waals surface area contributed by atoms with Gasteiger partial charge in [0.05, 0.1) is 0 Å². The van der Waals surface area contributed by atoms with E-state index in [9.17, 15) is 0 Å². The first-order valence-corrected chi connectivity index (χ1v) is 3.44. The van der Waals surface area contributed by atoms with Crippen molar-refractivity contribution < 1.29 is 0 Å². The van der Waals surface area contributed by atoms with Gasteiger partial charge in [-0.15, -0.1) is 12.3 Å². The van der Waals surface area contributed by atoms with Crippen molar-refractivity contribution >= 4 is 0 Å². The third kappa shape index (κ3) is 2.56. The second kappa shape index (κ2) is 2.92. The normalized spacial score (nSPS) is 11.6. The molecule has 0 atom stereocenters. The maximum atomic E-state index is 5.20. The monoisotopic (exact) mass is 124 g/mol. The highest BCUT2D eigenvalue weighted by atomic mass is 14.2. The molecule has 0 saturated heterocycles. The zero-order valence-corrected chi connectivity index (χ0v) is 6.86. The SMILES string of the molecule is C#CCC(C)(C)C(C)C. The van der Waals surface area contributed by atoms with E-state index in [1.807, 2.05) is 0 Å². The van der Waals surface area contributed by atoms with E-state index in [-0.39, 0.29) is 0 Å². The predicted octanol–water partition coefficient (Wildman–Crippen LogP) is 2.69. The van der Waals surface area contributed by atoms with Crippen molar-refractivity contribution in [3.8, 4) is 12.3 Å². The lowest BCUT2D eigenvalue weighted by Gasteiger charge is -2.26. The predicted molar refractivity (Wildman–Crippen MR) is 42.1 cm³/mol. The lowest BCUT2D eigenvalue weighted by atomic mass is 9.79. The van der Waals surface area contributed by atoms with E-state index in [1.54, 1.807) is 0 Å². The van der Waals surface area contributed by atoms with Crippen LogP contribution in [0.25, 0.3) is 0 Å². The van der Waals surface area contributed by atoms with Crippen LogP contribution in [0.15, 0.2) is 0 Å². The van der Waals surface area contributed by atoms with Crippen LogP contribution in [-0.2, 0) is 0 Å². The molecule has 0 fully saturated rings.